The topological polar surface area (TPSA) is 81.5 Å². The van der Waals surface area contributed by atoms with Gasteiger partial charge in [0.1, 0.15) is 5.69 Å². The van der Waals surface area contributed by atoms with E-state index in [2.05, 4.69) is 10.1 Å². The Balaban J connectivity index is 2.43. The second-order valence-corrected chi connectivity index (χ2v) is 4.48. The van der Waals surface area contributed by atoms with Gasteiger partial charge in [-0.15, -0.1) is 0 Å². The fraction of sp³-hybridized carbons (Fsp3) is 0.133. The second kappa shape index (κ2) is 6.04. The molecule has 0 bridgehead atoms. The van der Waals surface area contributed by atoms with Crippen molar-refractivity contribution in [2.45, 2.75) is 6.92 Å². The predicted molar refractivity (Wildman–Crippen MR) is 78.9 cm³/mol. The highest BCUT2D eigenvalue weighted by Crippen LogP contribution is 2.29. The molecule has 0 atom stereocenters. The third-order valence-corrected chi connectivity index (χ3v) is 2.91. The van der Waals surface area contributed by atoms with Crippen LogP contribution in [0.25, 0.3) is 0 Å². The minimum absolute atomic E-state index is 0.107. The molecule has 0 unspecified atom stereocenters. The first-order chi connectivity index (χ1) is 10.0. The van der Waals surface area contributed by atoms with Crippen LogP contribution in [0.3, 0.4) is 0 Å². The molecule has 0 heterocycles. The Kier molecular flexibility index (Phi) is 4.18. The Morgan fingerprint density at radius 3 is 2.62 bits per heavy atom. The Bertz CT molecular complexity index is 698. The predicted octanol–water partition coefficient (Wildman–Crippen LogP) is 3.43. The summed E-state index contributed by atoms with van der Waals surface area (Å²) >= 11 is 0. The molecule has 108 valence electrons. The smallest absolute Gasteiger partial charge is 0.337 e. The molecule has 2 aromatic carbocycles. The van der Waals surface area contributed by atoms with Crippen LogP contribution >= 0.6 is 0 Å². The summed E-state index contributed by atoms with van der Waals surface area (Å²) in [5, 5.41) is 14.0. The lowest BCUT2D eigenvalue weighted by atomic mass is 10.1. The van der Waals surface area contributed by atoms with Crippen LogP contribution in [-0.4, -0.2) is 18.0 Å². The van der Waals surface area contributed by atoms with E-state index in [4.69, 9.17) is 0 Å². The van der Waals surface area contributed by atoms with Gasteiger partial charge in [0.15, 0.2) is 0 Å². The number of hydrogen-bond donors (Lipinski definition) is 1. The molecular formula is C15H14N2O4. The van der Waals surface area contributed by atoms with Crippen molar-refractivity contribution in [2.75, 3.05) is 12.4 Å². The number of hydrogen-bond acceptors (Lipinski definition) is 5. The fourth-order valence-electron chi connectivity index (χ4n) is 1.92. The zero-order valence-corrected chi connectivity index (χ0v) is 11.6. The average molecular weight is 286 g/mol. The number of anilines is 2. The molecule has 0 radical (unpaired) electrons. The Morgan fingerprint density at radius 1 is 1.24 bits per heavy atom. The van der Waals surface area contributed by atoms with E-state index in [0.717, 1.165) is 5.56 Å². The number of nitrogens with zero attached hydrogens (tertiary/aromatic N) is 1. The van der Waals surface area contributed by atoms with Crippen LogP contribution in [0.4, 0.5) is 17.1 Å². The molecule has 0 fully saturated rings. The van der Waals surface area contributed by atoms with Crippen molar-refractivity contribution in [3.63, 3.8) is 0 Å². The lowest BCUT2D eigenvalue weighted by Gasteiger charge is -2.09. The SMILES string of the molecule is COC(=O)c1ccc([N+](=O)[O-])c(Nc2cccc(C)c2)c1. The molecule has 0 spiro atoms. The second-order valence-electron chi connectivity index (χ2n) is 4.48. The van der Waals surface area contributed by atoms with Crippen LogP contribution in [0.15, 0.2) is 42.5 Å². The summed E-state index contributed by atoms with van der Waals surface area (Å²) < 4.78 is 4.62. The van der Waals surface area contributed by atoms with Crippen LogP contribution < -0.4 is 5.32 Å². The Morgan fingerprint density at radius 2 is 2.00 bits per heavy atom. The molecule has 2 rings (SSSR count). The van der Waals surface area contributed by atoms with Crippen LogP contribution in [0.2, 0.25) is 0 Å². The van der Waals surface area contributed by atoms with Crippen LogP contribution in [-0.2, 0) is 4.74 Å². The van der Waals surface area contributed by atoms with Gasteiger partial charge in [0.2, 0.25) is 0 Å². The normalized spacial score (nSPS) is 10.0. The van der Waals surface area contributed by atoms with Gasteiger partial charge in [0, 0.05) is 11.8 Å². The number of aryl methyl sites for hydroxylation is 1. The molecule has 0 aliphatic rings. The fourth-order valence-corrected chi connectivity index (χ4v) is 1.92. The number of carbonyl (C=O) groups excluding carboxylic acids is 1. The van der Waals surface area contributed by atoms with Gasteiger partial charge in [-0.25, -0.2) is 4.79 Å². The first kappa shape index (κ1) is 14.5. The van der Waals surface area contributed by atoms with E-state index in [0.29, 0.717) is 5.69 Å². The lowest BCUT2D eigenvalue weighted by molar-refractivity contribution is -0.383. The van der Waals surface area contributed by atoms with Crippen LogP contribution in [0.5, 0.6) is 0 Å². The van der Waals surface area contributed by atoms with Gasteiger partial charge in [0.05, 0.1) is 17.6 Å². The van der Waals surface area contributed by atoms with Crippen molar-refractivity contribution in [3.8, 4) is 0 Å². The summed E-state index contributed by atoms with van der Waals surface area (Å²) in [4.78, 5) is 22.1. The molecule has 2 aromatic rings. The van der Waals surface area contributed by atoms with Crippen LogP contribution in [0, 0.1) is 17.0 Å². The summed E-state index contributed by atoms with van der Waals surface area (Å²) in [6.07, 6.45) is 0. The largest absolute Gasteiger partial charge is 0.465 e. The number of carbonyl (C=O) groups is 1. The minimum atomic E-state index is -0.544. The third-order valence-electron chi connectivity index (χ3n) is 2.91. The highest BCUT2D eigenvalue weighted by Gasteiger charge is 2.17. The zero-order valence-electron chi connectivity index (χ0n) is 11.6. The molecule has 0 amide bonds. The summed E-state index contributed by atoms with van der Waals surface area (Å²) in [6.45, 7) is 1.92. The number of nitro groups is 1. The Hall–Kier alpha value is -2.89. The van der Waals surface area contributed by atoms with Gasteiger partial charge in [0.25, 0.3) is 5.69 Å². The maximum Gasteiger partial charge on any atom is 0.337 e. The number of benzene rings is 2. The van der Waals surface area contributed by atoms with Gasteiger partial charge in [-0.1, -0.05) is 12.1 Å². The number of methoxy groups -OCH3 is 1. The monoisotopic (exact) mass is 286 g/mol. The van der Waals surface area contributed by atoms with Gasteiger partial charge in [-0.3, -0.25) is 10.1 Å². The van der Waals surface area contributed by atoms with Crippen molar-refractivity contribution in [3.05, 3.63) is 63.7 Å². The maximum atomic E-state index is 11.5. The number of esters is 1. The third kappa shape index (κ3) is 3.36. The summed E-state index contributed by atoms with van der Waals surface area (Å²) in [7, 11) is 1.26. The average Bonchev–Trinajstić information content (AvgIpc) is 2.46. The van der Waals surface area contributed by atoms with E-state index in [1.165, 1.54) is 25.3 Å². The molecule has 0 aliphatic heterocycles. The molecule has 0 aliphatic carbocycles. The number of ether oxygens (including phenoxy) is 1. The molecule has 6 nitrogen and oxygen atoms in total. The van der Waals surface area contributed by atoms with Crippen molar-refractivity contribution < 1.29 is 14.5 Å². The summed E-state index contributed by atoms with van der Waals surface area (Å²) in [6, 6.07) is 11.5. The van der Waals surface area contributed by atoms with Crippen molar-refractivity contribution in [2.24, 2.45) is 0 Å². The number of rotatable bonds is 4. The van der Waals surface area contributed by atoms with E-state index in [9.17, 15) is 14.9 Å². The first-order valence-corrected chi connectivity index (χ1v) is 6.21. The van der Waals surface area contributed by atoms with E-state index in [-0.39, 0.29) is 16.9 Å². The maximum absolute atomic E-state index is 11.5. The van der Waals surface area contributed by atoms with Gasteiger partial charge in [-0.2, -0.15) is 0 Å². The molecule has 6 heteroatoms. The zero-order chi connectivity index (χ0) is 15.4. The molecule has 0 saturated carbocycles. The van der Waals surface area contributed by atoms with Crippen molar-refractivity contribution >= 4 is 23.0 Å². The quantitative estimate of drug-likeness (QED) is 0.529. The molecule has 1 N–H and O–H groups in total. The summed E-state index contributed by atoms with van der Waals surface area (Å²) in [5.41, 5.74) is 2.11. The van der Waals surface area contributed by atoms with Gasteiger partial charge < -0.3 is 10.1 Å². The molecule has 21 heavy (non-hydrogen) atoms. The van der Waals surface area contributed by atoms with Crippen molar-refractivity contribution in [1.29, 1.82) is 0 Å². The van der Waals surface area contributed by atoms with Crippen LogP contribution in [0.1, 0.15) is 15.9 Å². The number of nitro benzene ring substituents is 1. The van der Waals surface area contributed by atoms with Crippen molar-refractivity contribution in [1.82, 2.24) is 0 Å². The molecular weight excluding hydrogens is 272 g/mol. The van der Waals surface area contributed by atoms with Gasteiger partial charge in [-0.05, 0) is 36.8 Å². The van der Waals surface area contributed by atoms with E-state index in [1.807, 2.05) is 25.1 Å². The lowest BCUT2D eigenvalue weighted by Crippen LogP contribution is -2.04. The molecule has 0 saturated heterocycles. The van der Waals surface area contributed by atoms with E-state index >= 15 is 0 Å². The minimum Gasteiger partial charge on any atom is -0.465 e. The van der Waals surface area contributed by atoms with E-state index in [1.54, 1.807) is 6.07 Å². The summed E-state index contributed by atoms with van der Waals surface area (Å²) in [5.74, 6) is -0.544. The highest BCUT2D eigenvalue weighted by molar-refractivity contribution is 5.92. The standard InChI is InChI=1S/C15H14N2O4/c1-10-4-3-5-12(8-10)16-13-9-11(15(18)21-2)6-7-14(13)17(19)20/h3-9,16H,1-2H3. The van der Waals surface area contributed by atoms with Gasteiger partial charge >= 0.3 is 5.97 Å². The number of nitrogens with one attached hydrogen (secondary N) is 1. The van der Waals surface area contributed by atoms with E-state index < -0.39 is 10.9 Å². The molecule has 0 aromatic heterocycles. The Labute approximate surface area is 121 Å². The first-order valence-electron chi connectivity index (χ1n) is 6.21. The highest BCUT2D eigenvalue weighted by atomic mass is 16.6.